The molecular formula is C14H17ClN2. The van der Waals surface area contributed by atoms with E-state index in [1.807, 2.05) is 6.20 Å². The standard InChI is InChI=1S/C14H17ClN2/c1-17-9-12(15)14-11(5-2-6-13(14)17)10-4-3-7-16-8-10/h2,5-6,9-10,16H,3-4,7-8H2,1H3. The van der Waals surface area contributed by atoms with Crippen molar-refractivity contribution in [1.29, 1.82) is 0 Å². The Morgan fingerprint density at radius 3 is 3.06 bits per heavy atom. The lowest BCUT2D eigenvalue weighted by molar-refractivity contribution is 0.463. The SMILES string of the molecule is Cn1cc(Cl)c2c(C3CCCNC3)cccc21. The topological polar surface area (TPSA) is 17.0 Å². The van der Waals surface area contributed by atoms with Gasteiger partial charge in [0, 0.05) is 30.7 Å². The van der Waals surface area contributed by atoms with Crippen LogP contribution >= 0.6 is 11.6 Å². The third kappa shape index (κ3) is 1.85. The van der Waals surface area contributed by atoms with Gasteiger partial charge in [-0.3, -0.25) is 0 Å². The smallest absolute Gasteiger partial charge is 0.0664 e. The van der Waals surface area contributed by atoms with Gasteiger partial charge in [-0.15, -0.1) is 0 Å². The monoisotopic (exact) mass is 248 g/mol. The Bertz CT molecular complexity index is 538. The Balaban J connectivity index is 2.15. The largest absolute Gasteiger partial charge is 0.349 e. The fraction of sp³-hybridized carbons (Fsp3) is 0.429. The van der Waals surface area contributed by atoms with Crippen LogP contribution in [0.4, 0.5) is 0 Å². The molecule has 1 aliphatic rings. The van der Waals surface area contributed by atoms with E-state index in [2.05, 4.69) is 35.1 Å². The van der Waals surface area contributed by atoms with E-state index in [0.717, 1.165) is 18.1 Å². The summed E-state index contributed by atoms with van der Waals surface area (Å²) in [4.78, 5) is 0. The van der Waals surface area contributed by atoms with Crippen molar-refractivity contribution in [2.75, 3.05) is 13.1 Å². The van der Waals surface area contributed by atoms with Crippen molar-refractivity contribution in [3.05, 3.63) is 35.0 Å². The molecule has 0 spiro atoms. The zero-order valence-electron chi connectivity index (χ0n) is 10.0. The third-order valence-electron chi connectivity index (χ3n) is 3.74. The fourth-order valence-corrected chi connectivity index (χ4v) is 3.23. The van der Waals surface area contributed by atoms with E-state index in [4.69, 9.17) is 11.6 Å². The molecule has 3 rings (SSSR count). The van der Waals surface area contributed by atoms with Gasteiger partial charge in [0.1, 0.15) is 0 Å². The lowest BCUT2D eigenvalue weighted by Crippen LogP contribution is -2.28. The van der Waals surface area contributed by atoms with Gasteiger partial charge in [-0.1, -0.05) is 23.7 Å². The van der Waals surface area contributed by atoms with E-state index in [1.165, 1.54) is 29.3 Å². The minimum atomic E-state index is 0.604. The van der Waals surface area contributed by atoms with E-state index < -0.39 is 0 Å². The molecule has 1 aromatic heterocycles. The first kappa shape index (κ1) is 11.1. The summed E-state index contributed by atoms with van der Waals surface area (Å²) < 4.78 is 2.11. The van der Waals surface area contributed by atoms with Gasteiger partial charge in [-0.25, -0.2) is 0 Å². The summed E-state index contributed by atoms with van der Waals surface area (Å²) in [7, 11) is 2.05. The van der Waals surface area contributed by atoms with E-state index in [1.54, 1.807) is 0 Å². The minimum Gasteiger partial charge on any atom is -0.349 e. The number of halogens is 1. The van der Waals surface area contributed by atoms with Crippen molar-refractivity contribution < 1.29 is 0 Å². The first-order valence-electron chi connectivity index (χ1n) is 6.21. The molecule has 1 saturated heterocycles. The Labute approximate surface area is 107 Å². The van der Waals surface area contributed by atoms with Crippen LogP contribution in [0.1, 0.15) is 24.3 Å². The molecule has 0 bridgehead atoms. The second kappa shape index (κ2) is 4.35. The van der Waals surface area contributed by atoms with Crippen LogP contribution in [-0.4, -0.2) is 17.7 Å². The molecule has 0 amide bonds. The zero-order chi connectivity index (χ0) is 11.8. The average molecular weight is 249 g/mol. The van der Waals surface area contributed by atoms with E-state index in [9.17, 15) is 0 Å². The number of aromatic nitrogens is 1. The van der Waals surface area contributed by atoms with Crippen molar-refractivity contribution in [3.63, 3.8) is 0 Å². The number of piperidine rings is 1. The molecule has 1 atom stereocenters. The summed E-state index contributed by atoms with van der Waals surface area (Å²) in [6.45, 7) is 2.22. The second-order valence-corrected chi connectivity index (χ2v) is 5.28. The number of rotatable bonds is 1. The van der Waals surface area contributed by atoms with Crippen LogP contribution in [0, 0.1) is 0 Å². The van der Waals surface area contributed by atoms with Crippen LogP contribution in [0.5, 0.6) is 0 Å². The highest BCUT2D eigenvalue weighted by atomic mass is 35.5. The maximum atomic E-state index is 6.36. The number of aryl methyl sites for hydroxylation is 1. The zero-order valence-corrected chi connectivity index (χ0v) is 10.8. The van der Waals surface area contributed by atoms with Crippen LogP contribution in [-0.2, 0) is 7.05 Å². The van der Waals surface area contributed by atoms with Crippen LogP contribution < -0.4 is 5.32 Å². The first-order chi connectivity index (χ1) is 8.27. The van der Waals surface area contributed by atoms with Gasteiger partial charge >= 0.3 is 0 Å². The quantitative estimate of drug-likeness (QED) is 0.820. The highest BCUT2D eigenvalue weighted by Gasteiger charge is 2.19. The third-order valence-corrected chi connectivity index (χ3v) is 4.02. The number of hydrogen-bond donors (Lipinski definition) is 1. The number of fused-ring (bicyclic) bond motifs is 1. The predicted molar refractivity (Wildman–Crippen MR) is 72.8 cm³/mol. The summed E-state index contributed by atoms with van der Waals surface area (Å²) in [6, 6.07) is 6.51. The Hall–Kier alpha value is -0.990. The molecule has 0 saturated carbocycles. The highest BCUT2D eigenvalue weighted by molar-refractivity contribution is 6.36. The van der Waals surface area contributed by atoms with Gasteiger partial charge < -0.3 is 9.88 Å². The lowest BCUT2D eigenvalue weighted by Gasteiger charge is -2.24. The van der Waals surface area contributed by atoms with Crippen LogP contribution in [0.15, 0.2) is 24.4 Å². The van der Waals surface area contributed by atoms with Crippen molar-refractivity contribution in [1.82, 2.24) is 9.88 Å². The van der Waals surface area contributed by atoms with Gasteiger partial charge in [0.2, 0.25) is 0 Å². The fourth-order valence-electron chi connectivity index (χ4n) is 2.87. The average Bonchev–Trinajstić information content (AvgIpc) is 2.66. The van der Waals surface area contributed by atoms with Gasteiger partial charge in [-0.05, 0) is 36.9 Å². The van der Waals surface area contributed by atoms with Crippen molar-refractivity contribution in [3.8, 4) is 0 Å². The molecule has 1 aliphatic heterocycles. The van der Waals surface area contributed by atoms with E-state index in [-0.39, 0.29) is 0 Å². The number of benzene rings is 1. The molecule has 1 aromatic carbocycles. The van der Waals surface area contributed by atoms with E-state index >= 15 is 0 Å². The maximum Gasteiger partial charge on any atom is 0.0664 e. The number of nitrogens with one attached hydrogen (secondary N) is 1. The Kier molecular flexibility index (Phi) is 2.85. The molecule has 1 fully saturated rings. The Morgan fingerprint density at radius 2 is 2.29 bits per heavy atom. The van der Waals surface area contributed by atoms with Crippen LogP contribution in [0.2, 0.25) is 5.02 Å². The lowest BCUT2D eigenvalue weighted by atomic mass is 9.89. The molecule has 1 N–H and O–H groups in total. The minimum absolute atomic E-state index is 0.604. The molecule has 1 unspecified atom stereocenters. The summed E-state index contributed by atoms with van der Waals surface area (Å²) >= 11 is 6.36. The maximum absolute atomic E-state index is 6.36. The van der Waals surface area contributed by atoms with Crippen molar-refractivity contribution in [2.45, 2.75) is 18.8 Å². The molecule has 0 aliphatic carbocycles. The number of nitrogens with zero attached hydrogens (tertiary/aromatic N) is 1. The molecule has 3 heteroatoms. The van der Waals surface area contributed by atoms with Gasteiger partial charge in [0.25, 0.3) is 0 Å². The molecule has 90 valence electrons. The molecule has 2 aromatic rings. The van der Waals surface area contributed by atoms with Gasteiger partial charge in [-0.2, -0.15) is 0 Å². The van der Waals surface area contributed by atoms with Crippen molar-refractivity contribution >= 4 is 22.5 Å². The van der Waals surface area contributed by atoms with Gasteiger partial charge in [0.05, 0.1) is 5.02 Å². The summed E-state index contributed by atoms with van der Waals surface area (Å²) in [5, 5.41) is 5.59. The summed E-state index contributed by atoms with van der Waals surface area (Å²) in [5.41, 5.74) is 2.64. The first-order valence-corrected chi connectivity index (χ1v) is 6.59. The number of hydrogen-bond acceptors (Lipinski definition) is 1. The van der Waals surface area contributed by atoms with Crippen LogP contribution in [0.25, 0.3) is 10.9 Å². The van der Waals surface area contributed by atoms with Crippen LogP contribution in [0.3, 0.4) is 0 Å². The normalized spacial score (nSPS) is 20.9. The summed E-state index contributed by atoms with van der Waals surface area (Å²) in [6.07, 6.45) is 4.52. The molecule has 2 nitrogen and oxygen atoms in total. The Morgan fingerprint density at radius 1 is 1.41 bits per heavy atom. The van der Waals surface area contributed by atoms with Crippen molar-refractivity contribution in [2.24, 2.45) is 7.05 Å². The molecule has 17 heavy (non-hydrogen) atoms. The summed E-state index contributed by atoms with van der Waals surface area (Å²) in [5.74, 6) is 0.604. The molecular weight excluding hydrogens is 232 g/mol. The highest BCUT2D eigenvalue weighted by Crippen LogP contribution is 2.34. The van der Waals surface area contributed by atoms with E-state index in [0.29, 0.717) is 5.92 Å². The second-order valence-electron chi connectivity index (χ2n) is 4.87. The molecule has 0 radical (unpaired) electrons. The van der Waals surface area contributed by atoms with Gasteiger partial charge in [0.15, 0.2) is 0 Å². The predicted octanol–water partition coefficient (Wildman–Crippen LogP) is 3.30. The molecule has 2 heterocycles.